The monoisotopic (exact) mass is 292 g/mol. The van der Waals surface area contributed by atoms with Crippen molar-refractivity contribution in [3.63, 3.8) is 0 Å². The Hall–Kier alpha value is -2.18. The lowest BCUT2D eigenvalue weighted by Gasteiger charge is -2.12. The van der Waals surface area contributed by atoms with Crippen LogP contribution in [0.15, 0.2) is 53.1 Å². The second-order valence-corrected chi connectivity index (χ2v) is 5.78. The van der Waals surface area contributed by atoms with Crippen molar-refractivity contribution in [3.05, 3.63) is 58.6 Å². The van der Waals surface area contributed by atoms with Crippen LogP contribution < -0.4 is 0 Å². The Kier molecular flexibility index (Phi) is 4.60. The van der Waals surface area contributed by atoms with Gasteiger partial charge in [-0.2, -0.15) is 0 Å². The van der Waals surface area contributed by atoms with Crippen LogP contribution >= 0.6 is 11.3 Å². The average molecular weight is 292 g/mol. The van der Waals surface area contributed by atoms with Gasteiger partial charge in [-0.15, -0.1) is 11.3 Å². The lowest BCUT2D eigenvalue weighted by atomic mass is 10.0. The number of allylic oxidation sites excluding steroid dienone is 1. The fourth-order valence-electron chi connectivity index (χ4n) is 2.26. The smallest absolute Gasteiger partial charge is 0.0576 e. The summed E-state index contributed by atoms with van der Waals surface area (Å²) >= 11 is 1.80. The van der Waals surface area contributed by atoms with Gasteiger partial charge in [-0.05, 0) is 35.6 Å². The molecule has 0 aliphatic carbocycles. The highest BCUT2D eigenvalue weighted by molar-refractivity contribution is 7.11. The van der Waals surface area contributed by atoms with Crippen LogP contribution in [0.3, 0.4) is 0 Å². The van der Waals surface area contributed by atoms with Gasteiger partial charge in [0.25, 0.3) is 0 Å². The van der Waals surface area contributed by atoms with E-state index in [1.165, 1.54) is 16.2 Å². The second kappa shape index (κ2) is 7.01. The largest absolute Gasteiger partial charge is 0.290 e. The summed E-state index contributed by atoms with van der Waals surface area (Å²) in [5.41, 5.74) is 3.71. The standard InChI is InChI=1S/C18H16N2S/c1(4-15-7-10-19-11-8-15)2-5-17-14-16(9-12-20-17)18-6-3-13-21-18/h3,6-11,13H,2,5,12,14H2. The van der Waals surface area contributed by atoms with Gasteiger partial charge in [-0.25, -0.2) is 0 Å². The molecule has 104 valence electrons. The van der Waals surface area contributed by atoms with Crippen LogP contribution in [-0.2, 0) is 0 Å². The maximum Gasteiger partial charge on any atom is 0.0576 e. The van der Waals surface area contributed by atoms with Gasteiger partial charge in [0, 0.05) is 41.4 Å². The van der Waals surface area contributed by atoms with E-state index in [-0.39, 0.29) is 0 Å². The summed E-state index contributed by atoms with van der Waals surface area (Å²) in [6, 6.07) is 8.15. The van der Waals surface area contributed by atoms with Crippen molar-refractivity contribution in [2.75, 3.05) is 6.54 Å². The molecule has 3 heteroatoms. The number of rotatable bonds is 3. The fraction of sp³-hybridized carbons (Fsp3) is 0.222. The highest BCUT2D eigenvalue weighted by atomic mass is 32.1. The Morgan fingerprint density at radius 3 is 2.90 bits per heavy atom. The predicted molar refractivity (Wildman–Crippen MR) is 89.6 cm³/mol. The predicted octanol–water partition coefficient (Wildman–Crippen LogP) is 4.20. The van der Waals surface area contributed by atoms with E-state index < -0.39 is 0 Å². The van der Waals surface area contributed by atoms with Crippen molar-refractivity contribution < 1.29 is 0 Å². The van der Waals surface area contributed by atoms with Crippen molar-refractivity contribution in [3.8, 4) is 11.8 Å². The first-order chi connectivity index (χ1) is 10.4. The van der Waals surface area contributed by atoms with Gasteiger partial charge in [0.15, 0.2) is 0 Å². The van der Waals surface area contributed by atoms with Crippen LogP contribution in [0, 0.1) is 11.8 Å². The Morgan fingerprint density at radius 2 is 2.10 bits per heavy atom. The van der Waals surface area contributed by atoms with Gasteiger partial charge in [0.2, 0.25) is 0 Å². The van der Waals surface area contributed by atoms with E-state index in [9.17, 15) is 0 Å². The molecule has 0 aromatic carbocycles. The third-order valence-electron chi connectivity index (χ3n) is 3.34. The summed E-state index contributed by atoms with van der Waals surface area (Å²) in [4.78, 5) is 9.95. The zero-order valence-electron chi connectivity index (χ0n) is 11.7. The van der Waals surface area contributed by atoms with Crippen molar-refractivity contribution in [1.29, 1.82) is 0 Å². The molecule has 2 aromatic rings. The van der Waals surface area contributed by atoms with Gasteiger partial charge < -0.3 is 0 Å². The number of hydrogen-bond acceptors (Lipinski definition) is 3. The lowest BCUT2D eigenvalue weighted by Crippen LogP contribution is -2.05. The van der Waals surface area contributed by atoms with Gasteiger partial charge in [0.1, 0.15) is 0 Å². The molecule has 0 unspecified atom stereocenters. The zero-order chi connectivity index (χ0) is 14.3. The minimum atomic E-state index is 0.806. The van der Waals surface area contributed by atoms with E-state index in [2.05, 4.69) is 45.4 Å². The van der Waals surface area contributed by atoms with Crippen LogP contribution in [0.5, 0.6) is 0 Å². The maximum atomic E-state index is 4.60. The van der Waals surface area contributed by atoms with Gasteiger partial charge >= 0.3 is 0 Å². The van der Waals surface area contributed by atoms with Crippen LogP contribution in [0.25, 0.3) is 5.57 Å². The van der Waals surface area contributed by atoms with Gasteiger partial charge in [-0.1, -0.05) is 24.0 Å². The zero-order valence-corrected chi connectivity index (χ0v) is 12.6. The SMILES string of the molecule is C(#Cc1ccncc1)CCC1=NCC=C(c2cccs2)C1. The molecule has 0 bridgehead atoms. The molecule has 0 saturated heterocycles. The second-order valence-electron chi connectivity index (χ2n) is 4.83. The average Bonchev–Trinajstić information content (AvgIpc) is 3.07. The molecule has 2 aromatic heterocycles. The molecular weight excluding hydrogens is 276 g/mol. The van der Waals surface area contributed by atoms with Crippen LogP contribution in [0.2, 0.25) is 0 Å². The van der Waals surface area contributed by atoms with Crippen LogP contribution in [0.4, 0.5) is 0 Å². The lowest BCUT2D eigenvalue weighted by molar-refractivity contribution is 1.05. The molecule has 2 nitrogen and oxygen atoms in total. The van der Waals surface area contributed by atoms with E-state index in [1.54, 1.807) is 23.7 Å². The first-order valence-electron chi connectivity index (χ1n) is 7.06. The fourth-order valence-corrected chi connectivity index (χ4v) is 3.02. The number of dihydropyridines is 1. The molecule has 1 aliphatic heterocycles. The van der Waals surface area contributed by atoms with E-state index in [4.69, 9.17) is 0 Å². The van der Waals surface area contributed by atoms with Crippen molar-refractivity contribution in [2.24, 2.45) is 4.99 Å². The third kappa shape index (κ3) is 3.90. The highest BCUT2D eigenvalue weighted by Gasteiger charge is 2.10. The molecule has 3 rings (SSSR count). The number of aromatic nitrogens is 1. The van der Waals surface area contributed by atoms with E-state index in [0.29, 0.717) is 0 Å². The molecule has 0 atom stereocenters. The van der Waals surface area contributed by atoms with Crippen molar-refractivity contribution in [1.82, 2.24) is 4.98 Å². The number of pyridine rings is 1. The van der Waals surface area contributed by atoms with Crippen LogP contribution in [-0.4, -0.2) is 17.2 Å². The van der Waals surface area contributed by atoms with E-state index >= 15 is 0 Å². The Balaban J connectivity index is 1.53. The molecule has 0 saturated carbocycles. The minimum Gasteiger partial charge on any atom is -0.290 e. The molecule has 0 fully saturated rings. The molecule has 3 heterocycles. The van der Waals surface area contributed by atoms with Crippen molar-refractivity contribution >= 4 is 22.6 Å². The molecule has 1 aliphatic rings. The Morgan fingerprint density at radius 1 is 1.19 bits per heavy atom. The molecule has 21 heavy (non-hydrogen) atoms. The Bertz CT molecular complexity index is 701. The molecule has 0 radical (unpaired) electrons. The normalized spacial score (nSPS) is 13.9. The third-order valence-corrected chi connectivity index (χ3v) is 4.28. The topological polar surface area (TPSA) is 25.2 Å². The summed E-state index contributed by atoms with van der Waals surface area (Å²) < 4.78 is 0. The summed E-state index contributed by atoms with van der Waals surface area (Å²) in [6.45, 7) is 0.806. The molecule has 0 N–H and O–H groups in total. The van der Waals surface area contributed by atoms with Crippen molar-refractivity contribution in [2.45, 2.75) is 19.3 Å². The highest BCUT2D eigenvalue weighted by Crippen LogP contribution is 2.26. The summed E-state index contributed by atoms with van der Waals surface area (Å²) in [7, 11) is 0. The summed E-state index contributed by atoms with van der Waals surface area (Å²) in [5, 5.41) is 2.13. The van der Waals surface area contributed by atoms with Gasteiger partial charge in [0.05, 0.1) is 6.54 Å². The van der Waals surface area contributed by atoms with E-state index in [1.807, 2.05) is 12.1 Å². The first kappa shape index (κ1) is 13.8. The van der Waals surface area contributed by atoms with Crippen LogP contribution in [0.1, 0.15) is 29.7 Å². The first-order valence-corrected chi connectivity index (χ1v) is 7.94. The quantitative estimate of drug-likeness (QED) is 0.778. The number of thiophene rings is 1. The number of aliphatic imine (C=N–C) groups is 1. The minimum absolute atomic E-state index is 0.806. The van der Waals surface area contributed by atoms with Gasteiger partial charge in [-0.3, -0.25) is 9.98 Å². The maximum absolute atomic E-state index is 4.60. The summed E-state index contributed by atoms with van der Waals surface area (Å²) in [6.07, 6.45) is 8.57. The molecule has 0 amide bonds. The number of nitrogens with zero attached hydrogens (tertiary/aromatic N) is 2. The number of hydrogen-bond donors (Lipinski definition) is 0. The molecular formula is C18H16N2S. The van der Waals surface area contributed by atoms with E-state index in [0.717, 1.165) is 31.4 Å². The Labute approximate surface area is 129 Å². The molecule has 0 spiro atoms. The summed E-state index contributed by atoms with van der Waals surface area (Å²) in [5.74, 6) is 6.39.